The molecule has 5 heteroatoms. The highest BCUT2D eigenvalue weighted by Gasteiger charge is 2.05. The third-order valence-electron chi connectivity index (χ3n) is 3.59. The molecule has 0 spiro atoms. The molecule has 0 radical (unpaired) electrons. The van der Waals surface area contributed by atoms with Crippen molar-refractivity contribution in [2.45, 2.75) is 31.9 Å². The standard InChI is InChI=1S/C19H24N2O2S/c1-15-5-7-16(8-6-15)3-2-4-19(23)21-18-13-17(9-10-20-18)14-24-12-11-22/h5-10,13,22H,2-4,11-12,14H2,1H3,(H,20,21,23). The number of carbonyl (C=O) groups is 1. The van der Waals surface area contributed by atoms with Crippen molar-refractivity contribution in [1.29, 1.82) is 0 Å². The van der Waals surface area contributed by atoms with Crippen molar-refractivity contribution in [3.63, 3.8) is 0 Å². The smallest absolute Gasteiger partial charge is 0.225 e. The molecule has 4 nitrogen and oxygen atoms in total. The van der Waals surface area contributed by atoms with E-state index in [0.717, 1.165) is 24.2 Å². The summed E-state index contributed by atoms with van der Waals surface area (Å²) in [6, 6.07) is 12.2. The number of aliphatic hydroxyl groups excluding tert-OH is 1. The quantitative estimate of drug-likeness (QED) is 0.683. The molecule has 0 fully saturated rings. The van der Waals surface area contributed by atoms with Gasteiger partial charge in [0.05, 0.1) is 6.61 Å². The van der Waals surface area contributed by atoms with Gasteiger partial charge in [-0.2, -0.15) is 11.8 Å². The van der Waals surface area contributed by atoms with Crippen LogP contribution in [0.1, 0.15) is 29.5 Å². The number of aliphatic hydroxyl groups is 1. The van der Waals surface area contributed by atoms with Gasteiger partial charge in [-0.1, -0.05) is 29.8 Å². The number of thioether (sulfide) groups is 1. The number of aryl methyl sites for hydroxylation is 2. The Morgan fingerprint density at radius 1 is 1.21 bits per heavy atom. The zero-order chi connectivity index (χ0) is 17.2. The second-order valence-corrected chi connectivity index (χ2v) is 6.82. The molecule has 0 saturated heterocycles. The highest BCUT2D eigenvalue weighted by molar-refractivity contribution is 7.98. The van der Waals surface area contributed by atoms with Gasteiger partial charge < -0.3 is 10.4 Å². The maximum Gasteiger partial charge on any atom is 0.225 e. The first-order valence-corrected chi connectivity index (χ1v) is 9.32. The molecular formula is C19H24N2O2S. The molecule has 1 aromatic heterocycles. The zero-order valence-electron chi connectivity index (χ0n) is 14.0. The lowest BCUT2D eigenvalue weighted by Gasteiger charge is -2.07. The van der Waals surface area contributed by atoms with Gasteiger partial charge in [-0.3, -0.25) is 4.79 Å². The maximum absolute atomic E-state index is 12.0. The lowest BCUT2D eigenvalue weighted by Crippen LogP contribution is -2.12. The molecule has 1 aromatic carbocycles. The van der Waals surface area contributed by atoms with E-state index in [1.54, 1.807) is 18.0 Å². The van der Waals surface area contributed by atoms with Crippen molar-refractivity contribution < 1.29 is 9.90 Å². The van der Waals surface area contributed by atoms with E-state index in [9.17, 15) is 4.79 Å². The largest absolute Gasteiger partial charge is 0.396 e. The van der Waals surface area contributed by atoms with Crippen molar-refractivity contribution in [3.8, 4) is 0 Å². The SMILES string of the molecule is Cc1ccc(CCCC(=O)Nc2cc(CSCCO)ccn2)cc1. The molecule has 0 unspecified atom stereocenters. The number of hydrogen-bond acceptors (Lipinski definition) is 4. The van der Waals surface area contributed by atoms with Crippen LogP contribution in [0, 0.1) is 6.92 Å². The average molecular weight is 344 g/mol. The van der Waals surface area contributed by atoms with Crippen molar-refractivity contribution in [2.75, 3.05) is 17.7 Å². The van der Waals surface area contributed by atoms with Gasteiger partial charge in [-0.05, 0) is 43.0 Å². The van der Waals surface area contributed by atoms with Crippen molar-refractivity contribution >= 4 is 23.5 Å². The number of rotatable bonds is 9. The van der Waals surface area contributed by atoms with Crippen LogP contribution in [0.3, 0.4) is 0 Å². The zero-order valence-corrected chi connectivity index (χ0v) is 14.8. The van der Waals surface area contributed by atoms with E-state index in [1.807, 2.05) is 12.1 Å². The van der Waals surface area contributed by atoms with Crippen LogP contribution in [-0.4, -0.2) is 28.4 Å². The average Bonchev–Trinajstić information content (AvgIpc) is 2.57. The van der Waals surface area contributed by atoms with Gasteiger partial charge in [0.1, 0.15) is 5.82 Å². The number of aromatic nitrogens is 1. The van der Waals surface area contributed by atoms with E-state index in [4.69, 9.17) is 5.11 Å². The van der Waals surface area contributed by atoms with Gasteiger partial charge in [0, 0.05) is 24.1 Å². The third kappa shape index (κ3) is 6.72. The summed E-state index contributed by atoms with van der Waals surface area (Å²) in [5.41, 5.74) is 3.60. The minimum atomic E-state index is -0.00484. The summed E-state index contributed by atoms with van der Waals surface area (Å²) in [6.45, 7) is 2.25. The second kappa shape index (κ2) is 10.1. The van der Waals surface area contributed by atoms with Crippen LogP contribution in [0.5, 0.6) is 0 Å². The van der Waals surface area contributed by atoms with E-state index in [2.05, 4.69) is 41.5 Å². The Bertz CT molecular complexity index is 644. The number of anilines is 1. The Morgan fingerprint density at radius 3 is 2.75 bits per heavy atom. The Morgan fingerprint density at radius 2 is 2.00 bits per heavy atom. The van der Waals surface area contributed by atoms with Crippen LogP contribution < -0.4 is 5.32 Å². The molecule has 0 bridgehead atoms. The molecule has 0 saturated carbocycles. The molecule has 2 rings (SSSR count). The fourth-order valence-corrected chi connectivity index (χ4v) is 2.99. The van der Waals surface area contributed by atoms with Crippen molar-refractivity contribution in [2.24, 2.45) is 0 Å². The molecular weight excluding hydrogens is 320 g/mol. The van der Waals surface area contributed by atoms with Crippen LogP contribution in [0.15, 0.2) is 42.6 Å². The highest BCUT2D eigenvalue weighted by atomic mass is 32.2. The summed E-state index contributed by atoms with van der Waals surface area (Å²) >= 11 is 1.66. The second-order valence-electron chi connectivity index (χ2n) is 5.71. The molecule has 0 aliphatic heterocycles. The maximum atomic E-state index is 12.0. The number of nitrogens with one attached hydrogen (secondary N) is 1. The lowest BCUT2D eigenvalue weighted by atomic mass is 10.1. The first kappa shape index (κ1) is 18.5. The number of amides is 1. The van der Waals surface area contributed by atoms with Gasteiger partial charge in [0.2, 0.25) is 5.91 Å². The van der Waals surface area contributed by atoms with E-state index >= 15 is 0 Å². The van der Waals surface area contributed by atoms with Crippen molar-refractivity contribution in [3.05, 3.63) is 59.3 Å². The molecule has 0 aliphatic rings. The summed E-state index contributed by atoms with van der Waals surface area (Å²) in [4.78, 5) is 16.2. The van der Waals surface area contributed by atoms with E-state index in [-0.39, 0.29) is 12.5 Å². The predicted molar refractivity (Wildman–Crippen MR) is 100 cm³/mol. The number of pyridine rings is 1. The predicted octanol–water partition coefficient (Wildman–Crippen LogP) is 3.58. The first-order chi connectivity index (χ1) is 11.7. The monoisotopic (exact) mass is 344 g/mol. The van der Waals surface area contributed by atoms with Gasteiger partial charge >= 0.3 is 0 Å². The van der Waals surface area contributed by atoms with Crippen molar-refractivity contribution in [1.82, 2.24) is 4.98 Å². The van der Waals surface area contributed by atoms with Gasteiger partial charge in [-0.25, -0.2) is 4.98 Å². The molecule has 1 amide bonds. The normalized spacial score (nSPS) is 10.6. The minimum Gasteiger partial charge on any atom is -0.396 e. The summed E-state index contributed by atoms with van der Waals surface area (Å²) in [6.07, 6.45) is 3.91. The molecule has 0 aliphatic carbocycles. The topological polar surface area (TPSA) is 62.2 Å². The summed E-state index contributed by atoms with van der Waals surface area (Å²) in [5.74, 6) is 2.11. The molecule has 1 heterocycles. The minimum absolute atomic E-state index is 0.00484. The summed E-state index contributed by atoms with van der Waals surface area (Å²) in [7, 11) is 0. The van der Waals surface area contributed by atoms with Crippen LogP contribution in [0.4, 0.5) is 5.82 Å². The molecule has 24 heavy (non-hydrogen) atoms. The summed E-state index contributed by atoms with van der Waals surface area (Å²) < 4.78 is 0. The van der Waals surface area contributed by atoms with E-state index in [0.29, 0.717) is 18.0 Å². The fourth-order valence-electron chi connectivity index (χ4n) is 2.30. The summed E-state index contributed by atoms with van der Waals surface area (Å²) in [5, 5.41) is 11.7. The van der Waals surface area contributed by atoms with Gasteiger partial charge in [-0.15, -0.1) is 0 Å². The van der Waals surface area contributed by atoms with Crippen LogP contribution in [-0.2, 0) is 17.0 Å². The molecule has 2 N–H and O–H groups in total. The first-order valence-electron chi connectivity index (χ1n) is 8.16. The van der Waals surface area contributed by atoms with E-state index < -0.39 is 0 Å². The third-order valence-corrected chi connectivity index (χ3v) is 4.59. The number of carbonyl (C=O) groups excluding carboxylic acids is 1. The number of benzene rings is 1. The lowest BCUT2D eigenvalue weighted by molar-refractivity contribution is -0.116. The van der Waals surface area contributed by atoms with Crippen LogP contribution >= 0.6 is 11.8 Å². The molecule has 128 valence electrons. The van der Waals surface area contributed by atoms with Gasteiger partial charge in [0.15, 0.2) is 0 Å². The Balaban J connectivity index is 1.75. The van der Waals surface area contributed by atoms with Crippen LogP contribution in [0.2, 0.25) is 0 Å². The van der Waals surface area contributed by atoms with Crippen LogP contribution in [0.25, 0.3) is 0 Å². The highest BCUT2D eigenvalue weighted by Crippen LogP contribution is 2.15. The van der Waals surface area contributed by atoms with E-state index in [1.165, 1.54) is 11.1 Å². The fraction of sp³-hybridized carbons (Fsp3) is 0.368. The number of nitrogens with zero attached hydrogens (tertiary/aromatic N) is 1. The molecule has 0 atom stereocenters. The number of hydrogen-bond donors (Lipinski definition) is 2. The van der Waals surface area contributed by atoms with Gasteiger partial charge in [0.25, 0.3) is 0 Å². The molecule has 2 aromatic rings. The Hall–Kier alpha value is -1.85. The Kier molecular flexibility index (Phi) is 7.79. The Labute approximate surface area is 147 Å².